The Hall–Kier alpha value is -2.17. The van der Waals surface area contributed by atoms with Crippen LogP contribution >= 0.6 is 0 Å². The molecule has 0 spiro atoms. The van der Waals surface area contributed by atoms with Crippen molar-refractivity contribution in [1.29, 1.82) is 0 Å². The number of carbonyl (C=O) groups is 3. The lowest BCUT2D eigenvalue weighted by molar-refractivity contribution is -0.175. The number of fused-ring (bicyclic) bond motifs is 1. The minimum atomic E-state index is -0.562. The van der Waals surface area contributed by atoms with Gasteiger partial charge in [0.25, 0.3) is 11.8 Å². The molecule has 1 aliphatic heterocycles. The summed E-state index contributed by atoms with van der Waals surface area (Å²) in [6.45, 7) is 2.10. The summed E-state index contributed by atoms with van der Waals surface area (Å²) in [5, 5.41) is 0.603. The first-order valence-corrected chi connectivity index (χ1v) is 7.27. The lowest BCUT2D eigenvalue weighted by Gasteiger charge is -2.25. The lowest BCUT2D eigenvalue weighted by Crippen LogP contribution is -2.36. The van der Waals surface area contributed by atoms with Crippen LogP contribution in [0.1, 0.15) is 53.3 Å². The SMILES string of the molecule is CC1CCCC(C(=O)ON2C(=O)c3ccccc3C2=O)C1. The van der Waals surface area contributed by atoms with E-state index < -0.39 is 17.8 Å². The molecule has 1 aromatic carbocycles. The third kappa shape index (κ3) is 2.44. The van der Waals surface area contributed by atoms with E-state index in [1.165, 1.54) is 0 Å². The Labute approximate surface area is 122 Å². The number of carbonyl (C=O) groups excluding carboxylic acids is 3. The van der Waals surface area contributed by atoms with E-state index in [0.29, 0.717) is 11.0 Å². The topological polar surface area (TPSA) is 63.7 Å². The highest BCUT2D eigenvalue weighted by Gasteiger charge is 2.40. The molecule has 1 saturated carbocycles. The molecule has 2 aliphatic rings. The van der Waals surface area contributed by atoms with Crippen molar-refractivity contribution < 1.29 is 19.2 Å². The molecule has 1 aromatic rings. The summed E-state index contributed by atoms with van der Waals surface area (Å²) < 4.78 is 0. The standard InChI is InChI=1S/C16H17NO4/c1-10-5-4-6-11(9-10)16(20)21-17-14(18)12-7-2-3-8-13(12)15(17)19/h2-3,7-8,10-11H,4-6,9H2,1H3. The van der Waals surface area contributed by atoms with Crippen LogP contribution in [0.3, 0.4) is 0 Å². The van der Waals surface area contributed by atoms with Gasteiger partial charge >= 0.3 is 5.97 Å². The molecule has 1 fully saturated rings. The quantitative estimate of drug-likeness (QED) is 0.784. The van der Waals surface area contributed by atoms with E-state index in [1.54, 1.807) is 24.3 Å². The van der Waals surface area contributed by atoms with Crippen LogP contribution in [0.2, 0.25) is 0 Å². The van der Waals surface area contributed by atoms with Crippen LogP contribution in [0.25, 0.3) is 0 Å². The zero-order valence-corrected chi connectivity index (χ0v) is 11.9. The fourth-order valence-corrected chi connectivity index (χ4v) is 3.06. The number of hydrogen-bond acceptors (Lipinski definition) is 4. The van der Waals surface area contributed by atoms with Gasteiger partial charge in [-0.05, 0) is 30.9 Å². The molecule has 5 nitrogen and oxygen atoms in total. The Morgan fingerprint density at radius 2 is 1.76 bits per heavy atom. The Bertz CT molecular complexity index is 575. The molecular weight excluding hydrogens is 270 g/mol. The average molecular weight is 287 g/mol. The maximum absolute atomic E-state index is 12.2. The first-order chi connectivity index (χ1) is 10.1. The Balaban J connectivity index is 1.73. The fourth-order valence-electron chi connectivity index (χ4n) is 3.06. The van der Waals surface area contributed by atoms with E-state index in [-0.39, 0.29) is 17.0 Å². The van der Waals surface area contributed by atoms with Gasteiger partial charge in [-0.2, -0.15) is 0 Å². The van der Waals surface area contributed by atoms with Gasteiger partial charge < -0.3 is 4.84 Å². The van der Waals surface area contributed by atoms with Crippen molar-refractivity contribution in [2.45, 2.75) is 32.6 Å². The summed E-state index contributed by atoms with van der Waals surface area (Å²) in [5.74, 6) is -1.35. The highest BCUT2D eigenvalue weighted by molar-refractivity contribution is 6.20. The molecule has 0 saturated heterocycles. The van der Waals surface area contributed by atoms with Crippen LogP contribution in [0.4, 0.5) is 0 Å². The van der Waals surface area contributed by atoms with Gasteiger partial charge in [0.05, 0.1) is 17.0 Å². The minimum Gasteiger partial charge on any atom is -0.329 e. The van der Waals surface area contributed by atoms with Gasteiger partial charge in [0.2, 0.25) is 0 Å². The summed E-state index contributed by atoms with van der Waals surface area (Å²) in [6, 6.07) is 6.48. The third-order valence-corrected chi connectivity index (χ3v) is 4.21. The van der Waals surface area contributed by atoms with E-state index in [9.17, 15) is 14.4 Å². The Morgan fingerprint density at radius 1 is 1.14 bits per heavy atom. The highest BCUT2D eigenvalue weighted by Crippen LogP contribution is 2.30. The predicted molar refractivity (Wildman–Crippen MR) is 74.2 cm³/mol. The van der Waals surface area contributed by atoms with E-state index in [0.717, 1.165) is 25.7 Å². The zero-order chi connectivity index (χ0) is 15.0. The van der Waals surface area contributed by atoms with Crippen molar-refractivity contribution >= 4 is 17.8 Å². The monoisotopic (exact) mass is 287 g/mol. The maximum Gasteiger partial charge on any atom is 0.336 e. The van der Waals surface area contributed by atoms with Crippen LogP contribution in [-0.2, 0) is 9.63 Å². The smallest absolute Gasteiger partial charge is 0.329 e. The average Bonchev–Trinajstić information content (AvgIpc) is 2.73. The second kappa shape index (κ2) is 5.31. The second-order valence-corrected chi connectivity index (χ2v) is 5.83. The van der Waals surface area contributed by atoms with E-state index in [4.69, 9.17) is 4.84 Å². The van der Waals surface area contributed by atoms with Crippen molar-refractivity contribution in [3.05, 3.63) is 35.4 Å². The number of hydrogen-bond donors (Lipinski definition) is 0. The molecule has 0 N–H and O–H groups in total. The summed E-state index contributed by atoms with van der Waals surface area (Å²) in [7, 11) is 0. The number of amides is 2. The van der Waals surface area contributed by atoms with Crippen molar-refractivity contribution in [3.63, 3.8) is 0 Å². The van der Waals surface area contributed by atoms with Gasteiger partial charge in [0.1, 0.15) is 0 Å². The molecule has 2 atom stereocenters. The molecule has 5 heteroatoms. The third-order valence-electron chi connectivity index (χ3n) is 4.21. The molecule has 0 aromatic heterocycles. The van der Waals surface area contributed by atoms with E-state index in [2.05, 4.69) is 6.92 Å². The highest BCUT2D eigenvalue weighted by atomic mass is 16.7. The first-order valence-electron chi connectivity index (χ1n) is 7.27. The molecule has 2 unspecified atom stereocenters. The number of rotatable bonds is 2. The number of hydroxylamine groups is 2. The Kier molecular flexibility index (Phi) is 3.49. The van der Waals surface area contributed by atoms with Gasteiger partial charge in [0, 0.05) is 0 Å². The van der Waals surface area contributed by atoms with Gasteiger partial charge in [-0.15, -0.1) is 0 Å². The van der Waals surface area contributed by atoms with Crippen molar-refractivity contribution in [2.24, 2.45) is 11.8 Å². The molecule has 1 aliphatic carbocycles. The Morgan fingerprint density at radius 3 is 2.33 bits per heavy atom. The number of imide groups is 1. The van der Waals surface area contributed by atoms with Crippen LogP contribution in [0.15, 0.2) is 24.3 Å². The van der Waals surface area contributed by atoms with Crippen LogP contribution in [0.5, 0.6) is 0 Å². The molecule has 0 radical (unpaired) electrons. The van der Waals surface area contributed by atoms with Gasteiger partial charge in [-0.25, -0.2) is 4.79 Å². The van der Waals surface area contributed by atoms with Crippen LogP contribution in [-0.4, -0.2) is 22.8 Å². The lowest BCUT2D eigenvalue weighted by atomic mass is 9.82. The van der Waals surface area contributed by atoms with E-state index >= 15 is 0 Å². The molecule has 3 rings (SSSR count). The number of benzene rings is 1. The van der Waals surface area contributed by atoms with Gasteiger partial charge in [-0.1, -0.05) is 37.0 Å². The van der Waals surface area contributed by atoms with Crippen LogP contribution < -0.4 is 0 Å². The fraction of sp³-hybridized carbons (Fsp3) is 0.438. The van der Waals surface area contributed by atoms with Crippen molar-refractivity contribution in [3.8, 4) is 0 Å². The zero-order valence-electron chi connectivity index (χ0n) is 11.9. The maximum atomic E-state index is 12.2. The minimum absolute atomic E-state index is 0.224. The van der Waals surface area contributed by atoms with E-state index in [1.807, 2.05) is 0 Å². The summed E-state index contributed by atoms with van der Waals surface area (Å²) in [6.07, 6.45) is 3.59. The summed E-state index contributed by atoms with van der Waals surface area (Å²) in [5.41, 5.74) is 0.569. The molecule has 0 bridgehead atoms. The second-order valence-electron chi connectivity index (χ2n) is 5.83. The summed E-state index contributed by atoms with van der Waals surface area (Å²) >= 11 is 0. The molecule has 2 amide bonds. The van der Waals surface area contributed by atoms with Crippen molar-refractivity contribution in [2.75, 3.05) is 0 Å². The molecule has 21 heavy (non-hydrogen) atoms. The van der Waals surface area contributed by atoms with Crippen LogP contribution in [0, 0.1) is 11.8 Å². The first kappa shape index (κ1) is 13.8. The predicted octanol–water partition coefficient (Wildman–Crippen LogP) is 2.57. The molecule has 1 heterocycles. The normalized spacial score (nSPS) is 24.9. The van der Waals surface area contributed by atoms with Gasteiger partial charge in [-0.3, -0.25) is 9.59 Å². The number of nitrogens with zero attached hydrogens (tertiary/aromatic N) is 1. The summed E-state index contributed by atoms with van der Waals surface area (Å²) in [4.78, 5) is 41.5. The van der Waals surface area contributed by atoms with Gasteiger partial charge in [0.15, 0.2) is 0 Å². The van der Waals surface area contributed by atoms with Crippen molar-refractivity contribution in [1.82, 2.24) is 5.06 Å². The molecule has 110 valence electrons. The largest absolute Gasteiger partial charge is 0.336 e. The molecular formula is C16H17NO4.